The van der Waals surface area contributed by atoms with Gasteiger partial charge in [-0.25, -0.2) is 0 Å². The van der Waals surface area contributed by atoms with Crippen LogP contribution in [0, 0.1) is 5.92 Å². The van der Waals surface area contributed by atoms with Gasteiger partial charge in [0.15, 0.2) is 5.96 Å². The molecule has 4 atom stereocenters. The maximum absolute atomic E-state index is 12.1. The van der Waals surface area contributed by atoms with Gasteiger partial charge in [0.1, 0.15) is 0 Å². The molecule has 1 fully saturated rings. The van der Waals surface area contributed by atoms with Crippen molar-refractivity contribution in [2.45, 2.75) is 70.2 Å². The Balaban J connectivity index is 0.00000576. The van der Waals surface area contributed by atoms with Gasteiger partial charge in [0, 0.05) is 47.5 Å². The number of hydrogen-bond donors (Lipinski definition) is 2. The van der Waals surface area contributed by atoms with Crippen molar-refractivity contribution in [1.29, 1.82) is 0 Å². The number of nitrogens with zero attached hydrogens (tertiary/aromatic N) is 2. The SMILES string of the molecule is CCS(=O)C1CCCC(NC(=NC)NCC(CC(C)C)N(C)C)C1.I. The summed E-state index contributed by atoms with van der Waals surface area (Å²) in [5.74, 6) is 2.32. The van der Waals surface area contributed by atoms with Crippen LogP contribution in [-0.4, -0.2) is 65.8 Å². The molecule has 0 aromatic heterocycles. The van der Waals surface area contributed by atoms with Gasteiger partial charge in [-0.3, -0.25) is 9.20 Å². The highest BCUT2D eigenvalue weighted by Gasteiger charge is 2.26. The van der Waals surface area contributed by atoms with Crippen LogP contribution in [0.5, 0.6) is 0 Å². The first-order valence-corrected chi connectivity index (χ1v) is 10.8. The summed E-state index contributed by atoms with van der Waals surface area (Å²) in [4.78, 5) is 6.66. The third-order valence-corrected chi connectivity index (χ3v) is 6.57. The summed E-state index contributed by atoms with van der Waals surface area (Å²) < 4.78 is 12.1. The largest absolute Gasteiger partial charge is 0.355 e. The number of aliphatic imine (C=N–C) groups is 1. The summed E-state index contributed by atoms with van der Waals surface area (Å²) in [5, 5.41) is 7.37. The smallest absolute Gasteiger partial charge is 0.191 e. The fourth-order valence-corrected chi connectivity index (χ4v) is 4.72. The van der Waals surface area contributed by atoms with E-state index in [9.17, 15) is 4.21 Å². The van der Waals surface area contributed by atoms with E-state index in [1.165, 1.54) is 0 Å². The number of likely N-dealkylation sites (N-methyl/N-ethyl adjacent to an activating group) is 1. The normalized spacial score (nSPS) is 23.9. The third-order valence-electron chi connectivity index (χ3n) is 4.83. The molecule has 0 heterocycles. The first kappa shape index (κ1) is 25.1. The Labute approximate surface area is 174 Å². The van der Waals surface area contributed by atoms with Crippen LogP contribution in [0.15, 0.2) is 4.99 Å². The van der Waals surface area contributed by atoms with Crippen molar-refractivity contribution in [3.8, 4) is 0 Å². The van der Waals surface area contributed by atoms with Gasteiger partial charge >= 0.3 is 0 Å². The molecule has 0 radical (unpaired) electrons. The Hall–Kier alpha value is 0.110. The number of guanidine groups is 1. The van der Waals surface area contributed by atoms with E-state index >= 15 is 0 Å². The van der Waals surface area contributed by atoms with Crippen LogP contribution < -0.4 is 10.6 Å². The number of halogens is 1. The maximum atomic E-state index is 12.1. The Morgan fingerprint density at radius 2 is 2.00 bits per heavy atom. The molecule has 2 N–H and O–H groups in total. The molecule has 1 aliphatic carbocycles. The minimum absolute atomic E-state index is 0. The summed E-state index contributed by atoms with van der Waals surface area (Å²) in [7, 11) is 5.42. The second-order valence-electron chi connectivity index (χ2n) is 7.50. The predicted octanol–water partition coefficient (Wildman–Crippen LogP) is 2.83. The molecule has 5 nitrogen and oxygen atoms in total. The van der Waals surface area contributed by atoms with E-state index in [1.807, 2.05) is 14.0 Å². The Kier molecular flexibility index (Phi) is 13.4. The Morgan fingerprint density at radius 1 is 1.32 bits per heavy atom. The zero-order chi connectivity index (χ0) is 18.1. The highest BCUT2D eigenvalue weighted by molar-refractivity contribution is 14.0. The van der Waals surface area contributed by atoms with Crippen LogP contribution in [0.25, 0.3) is 0 Å². The molecule has 1 saturated carbocycles. The quantitative estimate of drug-likeness (QED) is 0.315. The summed E-state index contributed by atoms with van der Waals surface area (Å²) in [6.45, 7) is 7.44. The second-order valence-corrected chi connectivity index (χ2v) is 9.50. The molecule has 1 aliphatic rings. The van der Waals surface area contributed by atoms with Crippen molar-refractivity contribution in [3.05, 3.63) is 0 Å². The van der Waals surface area contributed by atoms with E-state index in [2.05, 4.69) is 48.5 Å². The van der Waals surface area contributed by atoms with Crippen molar-refractivity contribution < 1.29 is 4.21 Å². The molecular weight excluding hydrogens is 447 g/mol. The number of nitrogens with one attached hydrogen (secondary N) is 2. The Morgan fingerprint density at radius 3 is 2.52 bits per heavy atom. The van der Waals surface area contributed by atoms with Gasteiger partial charge in [-0.15, -0.1) is 24.0 Å². The lowest BCUT2D eigenvalue weighted by atomic mass is 9.95. The average molecular weight is 487 g/mol. The summed E-state index contributed by atoms with van der Waals surface area (Å²) in [6.07, 6.45) is 5.55. The molecule has 0 saturated heterocycles. The molecule has 7 heteroatoms. The zero-order valence-corrected chi connectivity index (χ0v) is 20.0. The molecule has 150 valence electrons. The van der Waals surface area contributed by atoms with E-state index in [1.54, 1.807) is 0 Å². The van der Waals surface area contributed by atoms with Gasteiger partial charge in [-0.1, -0.05) is 27.2 Å². The van der Waals surface area contributed by atoms with Crippen LogP contribution in [-0.2, 0) is 10.8 Å². The van der Waals surface area contributed by atoms with E-state index in [-0.39, 0.29) is 24.0 Å². The molecule has 0 aromatic rings. The van der Waals surface area contributed by atoms with Crippen molar-refractivity contribution in [1.82, 2.24) is 15.5 Å². The van der Waals surface area contributed by atoms with Crippen LogP contribution in [0.4, 0.5) is 0 Å². The number of hydrogen-bond acceptors (Lipinski definition) is 3. The lowest BCUT2D eigenvalue weighted by Crippen LogP contribution is -2.50. The van der Waals surface area contributed by atoms with Crippen LogP contribution in [0.3, 0.4) is 0 Å². The van der Waals surface area contributed by atoms with Gasteiger partial charge in [-0.2, -0.15) is 0 Å². The monoisotopic (exact) mass is 486 g/mol. The van der Waals surface area contributed by atoms with Gasteiger partial charge < -0.3 is 15.5 Å². The highest BCUT2D eigenvalue weighted by Crippen LogP contribution is 2.23. The van der Waals surface area contributed by atoms with Crippen molar-refractivity contribution in [3.63, 3.8) is 0 Å². The summed E-state index contributed by atoms with van der Waals surface area (Å²) in [6, 6.07) is 0.878. The number of rotatable bonds is 8. The van der Waals surface area contributed by atoms with Crippen LogP contribution in [0.2, 0.25) is 0 Å². The minimum Gasteiger partial charge on any atom is -0.355 e. The maximum Gasteiger partial charge on any atom is 0.191 e. The summed E-state index contributed by atoms with van der Waals surface area (Å²) >= 11 is 0. The van der Waals surface area contributed by atoms with E-state index < -0.39 is 10.8 Å². The third kappa shape index (κ3) is 9.56. The van der Waals surface area contributed by atoms with Crippen LogP contribution in [0.1, 0.15) is 52.9 Å². The molecule has 0 aromatic carbocycles. The lowest BCUT2D eigenvalue weighted by molar-refractivity contribution is 0.254. The standard InChI is InChI=1S/C18H38N4OS.HI/c1-7-24(23)17-10-8-9-15(12-17)21-18(19-4)20-13-16(22(5)6)11-14(2)3;/h14-17H,7-13H2,1-6H3,(H2,19,20,21);1H. The molecular formula is C18H39IN4OS. The first-order chi connectivity index (χ1) is 11.4. The molecule has 0 amide bonds. The molecule has 0 aliphatic heterocycles. The second kappa shape index (κ2) is 13.3. The van der Waals surface area contributed by atoms with E-state index in [0.717, 1.165) is 50.4 Å². The van der Waals surface area contributed by atoms with Crippen LogP contribution >= 0.6 is 24.0 Å². The lowest BCUT2D eigenvalue weighted by Gasteiger charge is -2.31. The highest BCUT2D eigenvalue weighted by atomic mass is 127. The zero-order valence-electron chi connectivity index (χ0n) is 16.9. The van der Waals surface area contributed by atoms with Gasteiger partial charge in [0.05, 0.1) is 0 Å². The van der Waals surface area contributed by atoms with Crippen molar-refractivity contribution in [2.24, 2.45) is 10.9 Å². The molecule has 25 heavy (non-hydrogen) atoms. The van der Waals surface area contributed by atoms with Crippen molar-refractivity contribution >= 4 is 40.7 Å². The molecule has 1 rings (SSSR count). The minimum atomic E-state index is -0.682. The Bertz CT molecular complexity index is 418. The fourth-order valence-electron chi connectivity index (χ4n) is 3.37. The van der Waals surface area contributed by atoms with Crippen molar-refractivity contribution in [2.75, 3.05) is 33.4 Å². The molecule has 4 unspecified atom stereocenters. The molecule has 0 spiro atoms. The first-order valence-electron chi connectivity index (χ1n) is 9.38. The predicted molar refractivity (Wildman–Crippen MR) is 122 cm³/mol. The van der Waals surface area contributed by atoms with E-state index in [4.69, 9.17) is 0 Å². The molecule has 0 bridgehead atoms. The average Bonchev–Trinajstić information content (AvgIpc) is 2.56. The van der Waals surface area contributed by atoms with E-state index in [0.29, 0.717) is 23.3 Å². The van der Waals surface area contributed by atoms with Gasteiger partial charge in [0.25, 0.3) is 0 Å². The topological polar surface area (TPSA) is 56.7 Å². The fraction of sp³-hybridized carbons (Fsp3) is 0.944. The van der Waals surface area contributed by atoms with Gasteiger partial charge in [0.2, 0.25) is 0 Å². The summed E-state index contributed by atoms with van der Waals surface area (Å²) in [5.41, 5.74) is 0. The van der Waals surface area contributed by atoms with Gasteiger partial charge in [-0.05, 0) is 45.7 Å².